The van der Waals surface area contributed by atoms with Gasteiger partial charge in [0.2, 0.25) is 5.91 Å². The van der Waals surface area contributed by atoms with Crippen molar-refractivity contribution >= 4 is 30.1 Å². The van der Waals surface area contributed by atoms with Gasteiger partial charge in [0.05, 0.1) is 5.75 Å². The monoisotopic (exact) mass is 300 g/mol. The lowest BCUT2D eigenvalue weighted by Crippen LogP contribution is -2.51. The highest BCUT2D eigenvalue weighted by atomic mass is 35.5. The predicted molar refractivity (Wildman–Crippen MR) is 83.2 cm³/mol. The van der Waals surface area contributed by atoms with Crippen LogP contribution in [0.1, 0.15) is 12.5 Å². The molecule has 106 valence electrons. The average Bonchev–Trinajstić information content (AvgIpc) is 2.38. The van der Waals surface area contributed by atoms with Crippen molar-refractivity contribution in [1.29, 1.82) is 0 Å². The molecule has 0 aromatic heterocycles. The van der Waals surface area contributed by atoms with E-state index in [0.29, 0.717) is 11.8 Å². The summed E-state index contributed by atoms with van der Waals surface area (Å²) in [5.41, 5.74) is 1.25. The summed E-state index contributed by atoms with van der Waals surface area (Å²) in [5, 5.41) is 3.35. The van der Waals surface area contributed by atoms with Gasteiger partial charge in [-0.25, -0.2) is 0 Å². The second-order valence-corrected chi connectivity index (χ2v) is 5.85. The molecule has 1 unspecified atom stereocenters. The van der Waals surface area contributed by atoms with E-state index in [9.17, 15) is 4.79 Å². The van der Waals surface area contributed by atoms with Gasteiger partial charge in [0.1, 0.15) is 0 Å². The number of hydrogen-bond acceptors (Lipinski definition) is 3. The summed E-state index contributed by atoms with van der Waals surface area (Å²) in [5.74, 6) is 0.782. The van der Waals surface area contributed by atoms with Crippen molar-refractivity contribution in [1.82, 2.24) is 10.2 Å². The Morgan fingerprint density at radius 2 is 2.11 bits per heavy atom. The maximum Gasteiger partial charge on any atom is 0.233 e. The molecule has 1 saturated heterocycles. The number of hydrogen-bond donors (Lipinski definition) is 1. The summed E-state index contributed by atoms with van der Waals surface area (Å²) in [6.45, 7) is 6.75. The third kappa shape index (κ3) is 5.05. The van der Waals surface area contributed by atoms with Gasteiger partial charge in [0.25, 0.3) is 0 Å². The number of carbonyl (C=O) groups is 1. The Morgan fingerprint density at radius 1 is 1.42 bits per heavy atom. The second kappa shape index (κ2) is 7.78. The zero-order chi connectivity index (χ0) is 13.0. The molecule has 1 N–H and O–H groups in total. The maximum atomic E-state index is 12.1. The van der Waals surface area contributed by atoms with Crippen LogP contribution in [-0.2, 0) is 4.79 Å². The normalized spacial score (nSPS) is 18.8. The van der Waals surface area contributed by atoms with E-state index in [2.05, 4.69) is 43.4 Å². The third-order valence-electron chi connectivity index (χ3n) is 3.10. The summed E-state index contributed by atoms with van der Waals surface area (Å²) in [6, 6.07) is 8.73. The van der Waals surface area contributed by atoms with Crippen LogP contribution >= 0.6 is 24.2 Å². The van der Waals surface area contributed by atoms with Crippen LogP contribution in [0, 0.1) is 6.92 Å². The molecule has 1 amide bonds. The molecule has 1 heterocycles. The number of benzene rings is 1. The highest BCUT2D eigenvalue weighted by Gasteiger charge is 2.20. The van der Waals surface area contributed by atoms with Gasteiger partial charge in [-0.15, -0.1) is 24.2 Å². The molecule has 1 aromatic rings. The van der Waals surface area contributed by atoms with Crippen LogP contribution in [0.25, 0.3) is 0 Å². The van der Waals surface area contributed by atoms with E-state index in [1.807, 2.05) is 4.90 Å². The van der Waals surface area contributed by atoms with Gasteiger partial charge in [-0.3, -0.25) is 4.79 Å². The van der Waals surface area contributed by atoms with E-state index in [1.54, 1.807) is 11.8 Å². The Morgan fingerprint density at radius 3 is 2.74 bits per heavy atom. The molecule has 1 aliphatic heterocycles. The molecule has 0 aliphatic carbocycles. The lowest BCUT2D eigenvalue weighted by atomic mass is 10.2. The number of rotatable bonds is 3. The molecule has 1 atom stereocenters. The predicted octanol–water partition coefficient (Wildman–Crippen LogP) is 2.33. The standard InChI is InChI=1S/C14H20N2OS.ClH/c1-11-3-5-13(6-4-11)18-10-14(17)16-8-7-15-12(2)9-16;/h3-6,12,15H,7-10H2,1-2H3;1H. The molecule has 0 saturated carbocycles. The highest BCUT2D eigenvalue weighted by molar-refractivity contribution is 8.00. The summed E-state index contributed by atoms with van der Waals surface area (Å²) in [6.07, 6.45) is 0. The smallest absolute Gasteiger partial charge is 0.233 e. The summed E-state index contributed by atoms with van der Waals surface area (Å²) in [4.78, 5) is 15.2. The number of piperazine rings is 1. The number of nitrogens with zero attached hydrogens (tertiary/aromatic N) is 1. The lowest BCUT2D eigenvalue weighted by molar-refractivity contribution is -0.129. The Labute approximate surface area is 125 Å². The first kappa shape index (κ1) is 16.3. The van der Waals surface area contributed by atoms with Gasteiger partial charge < -0.3 is 10.2 Å². The van der Waals surface area contributed by atoms with Crippen LogP contribution in [0.4, 0.5) is 0 Å². The molecule has 5 heteroatoms. The number of amides is 1. The van der Waals surface area contributed by atoms with Crippen LogP contribution in [0.2, 0.25) is 0 Å². The van der Waals surface area contributed by atoms with Gasteiger partial charge >= 0.3 is 0 Å². The zero-order valence-electron chi connectivity index (χ0n) is 11.4. The van der Waals surface area contributed by atoms with Crippen molar-refractivity contribution in [2.75, 3.05) is 25.4 Å². The van der Waals surface area contributed by atoms with E-state index in [4.69, 9.17) is 0 Å². The second-order valence-electron chi connectivity index (χ2n) is 4.80. The number of halogens is 1. The molecular weight excluding hydrogens is 280 g/mol. The zero-order valence-corrected chi connectivity index (χ0v) is 13.0. The Balaban J connectivity index is 0.00000180. The molecule has 0 radical (unpaired) electrons. The molecule has 1 aliphatic rings. The quantitative estimate of drug-likeness (QED) is 0.870. The third-order valence-corrected chi connectivity index (χ3v) is 4.10. The number of aryl methyl sites for hydroxylation is 1. The first-order chi connectivity index (χ1) is 8.65. The fraction of sp³-hybridized carbons (Fsp3) is 0.500. The summed E-state index contributed by atoms with van der Waals surface area (Å²) >= 11 is 1.62. The van der Waals surface area contributed by atoms with Crippen LogP contribution < -0.4 is 5.32 Å². The minimum atomic E-state index is 0. The fourth-order valence-corrected chi connectivity index (χ4v) is 2.83. The maximum absolute atomic E-state index is 12.1. The number of nitrogens with one attached hydrogen (secondary N) is 1. The molecule has 19 heavy (non-hydrogen) atoms. The van der Waals surface area contributed by atoms with E-state index < -0.39 is 0 Å². The summed E-state index contributed by atoms with van der Waals surface area (Å²) in [7, 11) is 0. The molecule has 0 bridgehead atoms. The molecule has 3 nitrogen and oxygen atoms in total. The molecular formula is C14H21ClN2OS. The van der Waals surface area contributed by atoms with Gasteiger partial charge in [-0.1, -0.05) is 17.7 Å². The minimum Gasteiger partial charge on any atom is -0.339 e. The van der Waals surface area contributed by atoms with Crippen LogP contribution in [-0.4, -0.2) is 42.2 Å². The topological polar surface area (TPSA) is 32.3 Å². The Kier molecular flexibility index (Phi) is 6.69. The highest BCUT2D eigenvalue weighted by Crippen LogP contribution is 2.19. The molecule has 0 spiro atoms. The van der Waals surface area contributed by atoms with Crippen LogP contribution in [0.15, 0.2) is 29.2 Å². The minimum absolute atomic E-state index is 0. The first-order valence-corrected chi connectivity index (χ1v) is 7.34. The SMILES string of the molecule is Cc1ccc(SCC(=O)N2CCNC(C)C2)cc1.Cl. The molecule has 2 rings (SSSR count). The van der Waals surface area contributed by atoms with Crippen LogP contribution in [0.3, 0.4) is 0 Å². The Hall–Kier alpha value is -0.710. The molecule has 1 aromatic carbocycles. The largest absolute Gasteiger partial charge is 0.339 e. The van der Waals surface area contributed by atoms with Crippen molar-refractivity contribution in [3.05, 3.63) is 29.8 Å². The van der Waals surface area contributed by atoms with Crippen molar-refractivity contribution in [2.24, 2.45) is 0 Å². The van der Waals surface area contributed by atoms with Crippen molar-refractivity contribution in [3.63, 3.8) is 0 Å². The first-order valence-electron chi connectivity index (χ1n) is 6.36. The van der Waals surface area contributed by atoms with E-state index in [-0.39, 0.29) is 18.3 Å². The van der Waals surface area contributed by atoms with E-state index in [1.165, 1.54) is 5.56 Å². The van der Waals surface area contributed by atoms with Crippen molar-refractivity contribution < 1.29 is 4.79 Å². The van der Waals surface area contributed by atoms with Gasteiger partial charge in [-0.2, -0.15) is 0 Å². The fourth-order valence-electron chi connectivity index (χ4n) is 2.03. The van der Waals surface area contributed by atoms with Crippen LogP contribution in [0.5, 0.6) is 0 Å². The number of carbonyl (C=O) groups excluding carboxylic acids is 1. The summed E-state index contributed by atoms with van der Waals surface area (Å²) < 4.78 is 0. The van der Waals surface area contributed by atoms with E-state index in [0.717, 1.165) is 24.5 Å². The molecule has 1 fully saturated rings. The van der Waals surface area contributed by atoms with Gasteiger partial charge in [0.15, 0.2) is 0 Å². The van der Waals surface area contributed by atoms with E-state index >= 15 is 0 Å². The van der Waals surface area contributed by atoms with Crippen molar-refractivity contribution in [3.8, 4) is 0 Å². The number of thioether (sulfide) groups is 1. The lowest BCUT2D eigenvalue weighted by Gasteiger charge is -2.31. The van der Waals surface area contributed by atoms with Gasteiger partial charge in [-0.05, 0) is 26.0 Å². The Bertz CT molecular complexity index is 410. The van der Waals surface area contributed by atoms with Gasteiger partial charge in [0, 0.05) is 30.6 Å². The van der Waals surface area contributed by atoms with Crippen molar-refractivity contribution in [2.45, 2.75) is 24.8 Å². The average molecular weight is 301 g/mol.